The molecule has 36 heteroatoms. The maximum absolute atomic E-state index is 12.2. The van der Waals surface area contributed by atoms with Crippen molar-refractivity contribution in [1.29, 1.82) is 5.26 Å². The Kier molecular flexibility index (Phi) is 38.7. The third-order valence-electron chi connectivity index (χ3n) is 18.7. The van der Waals surface area contributed by atoms with Crippen molar-refractivity contribution in [3.05, 3.63) is 143 Å². The lowest BCUT2D eigenvalue weighted by atomic mass is 10.2. The molecule has 6 aromatic rings. The van der Waals surface area contributed by atoms with Crippen molar-refractivity contribution in [2.45, 2.75) is 242 Å². The zero-order valence-electron chi connectivity index (χ0n) is 72.4. The molecule has 0 spiro atoms. The fraction of sp³-hybridized carbons (Fsp3) is 0.565. The predicted molar refractivity (Wildman–Crippen MR) is 460 cm³/mol. The number of amides is 4. The molecule has 6 aliphatic heterocycles. The van der Waals surface area contributed by atoms with E-state index in [1.165, 1.54) is 55.4 Å². The number of nitrogens with two attached hydrogens (primary N) is 4. The molecule has 12 rings (SSSR count). The molecule has 10 heterocycles. The number of aliphatic hydroxyl groups is 1. The van der Waals surface area contributed by atoms with Gasteiger partial charge in [0.15, 0.2) is 11.6 Å². The Morgan fingerprint density at radius 1 is 0.463 bits per heavy atom. The van der Waals surface area contributed by atoms with E-state index in [9.17, 15) is 40.8 Å². The molecule has 121 heavy (non-hydrogen) atoms. The van der Waals surface area contributed by atoms with Crippen molar-refractivity contribution >= 4 is 67.9 Å². The van der Waals surface area contributed by atoms with Crippen LogP contribution in [0.5, 0.6) is 17.2 Å². The van der Waals surface area contributed by atoms with E-state index in [0.29, 0.717) is 99.7 Å². The number of carbonyl (C=O) groups is 4. The zero-order valence-corrected chi connectivity index (χ0v) is 74.1. The molecular weight excluding hydrogens is 1600 g/mol. The van der Waals surface area contributed by atoms with Gasteiger partial charge >= 0.3 is 24.4 Å². The Hall–Kier alpha value is -10.5. The zero-order chi connectivity index (χ0) is 89.3. The van der Waals surface area contributed by atoms with Gasteiger partial charge in [0.05, 0.1) is 59.8 Å². The van der Waals surface area contributed by atoms with Crippen molar-refractivity contribution in [2.24, 2.45) is 0 Å². The normalized spacial score (nSPS) is 18.8. The van der Waals surface area contributed by atoms with Gasteiger partial charge in [-0.05, 0) is 223 Å². The van der Waals surface area contributed by atoms with Crippen molar-refractivity contribution in [1.82, 2.24) is 49.8 Å². The van der Waals surface area contributed by atoms with Crippen LogP contribution >= 0.6 is 0 Å². The number of hydrogen-bond donors (Lipinski definition) is 7. The van der Waals surface area contributed by atoms with Gasteiger partial charge in [0, 0.05) is 93.9 Å². The van der Waals surface area contributed by atoms with Crippen LogP contribution in [0.2, 0.25) is 0 Å². The molecule has 4 aromatic heterocycles. The third-order valence-corrected chi connectivity index (χ3v) is 21.3. The quantitative estimate of drug-likeness (QED) is 0.0239. The average Bonchev–Trinajstić information content (AvgIpc) is 1.82. The summed E-state index contributed by atoms with van der Waals surface area (Å²) in [5.74, 6) is 3.94. The van der Waals surface area contributed by atoms with E-state index in [2.05, 4.69) is 31.4 Å². The average molecular weight is 1730 g/mol. The highest BCUT2D eigenvalue weighted by atomic mass is 32.2. The van der Waals surface area contributed by atoms with Crippen LogP contribution < -0.4 is 47.9 Å². The van der Waals surface area contributed by atoms with Crippen molar-refractivity contribution in [3.8, 4) is 23.4 Å². The highest BCUT2D eigenvalue weighted by Crippen LogP contribution is 2.29. The minimum absolute atomic E-state index is 0.0270. The standard InChI is InChI=1S/2C17H25NO5S.C15H23N3O3.C11H14N4O.C10H15N3O.C10H19NO3.C5H6N2O/c2*1-13-7-9-15(10-8-13)24(20,21)22-12-14-6-5-11-18(14)16(19)23-17(2,3)4;1-15(2,3)21-14(19)18-8-4-5-11(18)10-20-12-6-7-17-13(16)9-12;12-8-15-5-1-2-9(15)7-16-10-3-4-14-11(13)6-10;11-10-6-9(3-5-13-10)14-7-8-2-1-4-12-8;1-10(2,3)14-9(13)11-6-4-5-8(11)7-12;6-5-3-4(8)1-2-7-5/h2*7-10,14H,5-6,11-12H2,1-4H3;6-7,9,11H,4-5,8,10H2,1-3H3,(H2,16,17);3-4,6,9H,1-2,5,7H2,(H2,13,14);3,5-6,8,12H,1-2,4,7H2,(H2,11,13);8,12H,4-7H2,1-3H3;1-3H,(H3,6,7,8)/t2*14-;11-;9-;2*8-;/m111111./s1. The summed E-state index contributed by atoms with van der Waals surface area (Å²) < 4.78 is 97.6. The van der Waals surface area contributed by atoms with Crippen molar-refractivity contribution in [3.63, 3.8) is 0 Å². The molecule has 0 unspecified atom stereocenters. The second kappa shape index (κ2) is 47.1. The lowest BCUT2D eigenvalue weighted by Crippen LogP contribution is -2.42. The van der Waals surface area contributed by atoms with Crippen LogP contribution in [0, 0.1) is 25.3 Å². The molecule has 0 bridgehead atoms. The monoisotopic (exact) mass is 1730 g/mol. The summed E-state index contributed by atoms with van der Waals surface area (Å²) in [4.78, 5) is 81.4. The molecule has 6 fully saturated rings. The predicted octanol–water partition coefficient (Wildman–Crippen LogP) is 11.8. The number of aromatic nitrogens is 4. The van der Waals surface area contributed by atoms with Gasteiger partial charge in [-0.1, -0.05) is 35.4 Å². The molecule has 11 N–H and O–H groups in total. The summed E-state index contributed by atoms with van der Waals surface area (Å²) in [5, 5.41) is 21.3. The van der Waals surface area contributed by atoms with Crippen molar-refractivity contribution in [2.75, 3.05) is 102 Å². The van der Waals surface area contributed by atoms with Crippen LogP contribution in [-0.2, 0) is 47.5 Å². The minimum Gasteiger partial charge on any atom is -0.492 e. The number of nitrogen functional groups attached to an aromatic ring is 4. The highest BCUT2D eigenvalue weighted by molar-refractivity contribution is 7.87. The summed E-state index contributed by atoms with van der Waals surface area (Å²) in [6.07, 6.45) is 18.3. The fourth-order valence-electron chi connectivity index (χ4n) is 12.8. The lowest BCUT2D eigenvalue weighted by Gasteiger charge is -2.28. The summed E-state index contributed by atoms with van der Waals surface area (Å²) in [6.45, 7) is 31.7. The molecule has 34 nitrogen and oxygen atoms in total. The number of aryl methyl sites for hydroxylation is 2. The number of benzene rings is 2. The SMILES string of the molecule is CC(C)(C)OC(=O)N1CCC[C@@H]1CO.CC(C)(C)OC(=O)N1CCC[C@@H]1COc1ccnc(N)c1.Cc1ccc(S(=O)(=O)OC[C@H]2CCCN2C(=O)OC(C)(C)C)cc1.Cc1ccc(S(=O)(=O)OC[C@H]2CCCN2C(=O)OC(C)(C)C)cc1.N#CN1CCC[C@@H]1COc1ccnc(N)c1.Nc1cc(=O)cc[nH]1.Nc1cc(OC[C@H]2CCCN2)ccn1. The van der Waals surface area contributed by atoms with Crippen LogP contribution in [0.1, 0.15) is 171 Å². The van der Waals surface area contributed by atoms with Crippen LogP contribution in [0.4, 0.5) is 42.4 Å². The molecule has 2 aromatic carbocycles. The van der Waals surface area contributed by atoms with Crippen LogP contribution in [0.15, 0.2) is 136 Å². The molecule has 4 amide bonds. The van der Waals surface area contributed by atoms with E-state index < -0.39 is 54.8 Å². The first-order valence-electron chi connectivity index (χ1n) is 40.8. The lowest BCUT2D eigenvalue weighted by molar-refractivity contribution is 0.0169. The fourth-order valence-corrected chi connectivity index (χ4v) is 14.7. The second-order valence-electron chi connectivity index (χ2n) is 33.7. The van der Waals surface area contributed by atoms with Crippen LogP contribution in [0.25, 0.3) is 0 Å². The topological polar surface area (TPSA) is 467 Å². The largest absolute Gasteiger partial charge is 0.492 e. The molecule has 6 aliphatic rings. The van der Waals surface area contributed by atoms with Gasteiger partial charge in [0.25, 0.3) is 20.2 Å². The Labute approximate surface area is 712 Å². The number of rotatable bonds is 18. The summed E-state index contributed by atoms with van der Waals surface area (Å²) in [7, 11) is -7.66. The number of pyridine rings is 4. The third kappa shape index (κ3) is 36.8. The van der Waals surface area contributed by atoms with Gasteiger partial charge in [-0.25, -0.2) is 34.1 Å². The number of nitriles is 1. The number of nitrogens with zero attached hydrogens (tertiary/aromatic N) is 9. The Balaban J connectivity index is 0.000000223. The van der Waals surface area contributed by atoms with E-state index in [-0.39, 0.29) is 77.4 Å². The maximum atomic E-state index is 12.2. The number of aromatic amines is 1. The van der Waals surface area contributed by atoms with Gasteiger partial charge < -0.3 is 96.0 Å². The van der Waals surface area contributed by atoms with Gasteiger partial charge in [0.2, 0.25) is 0 Å². The van der Waals surface area contributed by atoms with E-state index in [1.54, 1.807) is 139 Å². The van der Waals surface area contributed by atoms with Crippen LogP contribution in [0.3, 0.4) is 0 Å². The van der Waals surface area contributed by atoms with Gasteiger partial charge in [-0.2, -0.15) is 22.1 Å². The number of hydrogen-bond acceptors (Lipinski definition) is 29. The number of aliphatic hydroxyl groups excluding tert-OH is 1. The van der Waals surface area contributed by atoms with E-state index >= 15 is 0 Å². The number of H-pyrrole nitrogens is 1. The maximum Gasteiger partial charge on any atom is 0.410 e. The molecule has 0 aliphatic carbocycles. The van der Waals surface area contributed by atoms with E-state index in [4.69, 9.17) is 74.8 Å². The Morgan fingerprint density at radius 2 is 0.802 bits per heavy atom. The van der Waals surface area contributed by atoms with Crippen molar-refractivity contribution < 1.29 is 82.6 Å². The number of nitrogens with one attached hydrogen (secondary N) is 2. The van der Waals surface area contributed by atoms with Gasteiger partial charge in [0.1, 0.15) is 82.7 Å². The van der Waals surface area contributed by atoms with Gasteiger partial charge in [-0.3, -0.25) is 13.2 Å². The van der Waals surface area contributed by atoms with Crippen LogP contribution in [-0.4, -0.2) is 228 Å². The van der Waals surface area contributed by atoms with E-state index in [0.717, 1.165) is 81.3 Å². The summed E-state index contributed by atoms with van der Waals surface area (Å²) >= 11 is 0. The molecule has 0 saturated carbocycles. The number of carbonyl (C=O) groups excluding carboxylic acids is 4. The Bertz CT molecular complexity index is 4430. The molecule has 0 radical (unpaired) electrons. The summed E-state index contributed by atoms with van der Waals surface area (Å²) in [6, 6.07) is 26.2. The minimum atomic E-state index is -3.83. The highest BCUT2D eigenvalue weighted by Gasteiger charge is 2.38. The smallest absolute Gasteiger partial charge is 0.410 e. The molecular formula is C85H127N15O19S2. The number of ether oxygens (including phenoxy) is 7. The van der Waals surface area contributed by atoms with Gasteiger partial charge in [-0.15, -0.1) is 0 Å². The number of anilines is 4. The Morgan fingerprint density at radius 3 is 1.12 bits per heavy atom. The molecule has 6 atom stereocenters. The first-order chi connectivity index (χ1) is 56.9. The number of likely N-dealkylation sites (tertiary alicyclic amines) is 5. The summed E-state index contributed by atoms with van der Waals surface area (Å²) in [5.41, 5.74) is 21.7. The molecule has 668 valence electrons. The first-order valence-corrected chi connectivity index (χ1v) is 43.6. The molecule has 6 saturated heterocycles. The van der Waals surface area contributed by atoms with E-state index in [1.807, 2.05) is 61.5 Å². The first kappa shape index (κ1) is 99.4. The second-order valence-corrected chi connectivity index (χ2v) is 36.9.